The van der Waals surface area contributed by atoms with Crippen molar-refractivity contribution in [2.24, 2.45) is 4.99 Å². The van der Waals surface area contributed by atoms with Gasteiger partial charge in [-0.2, -0.15) is 0 Å². The molecule has 2 saturated heterocycles. The molecule has 1 aromatic rings. The zero-order valence-corrected chi connectivity index (χ0v) is 21.6. The molecule has 0 aliphatic carbocycles. The minimum Gasteiger partial charge on any atom is -0.469 e. The Bertz CT molecular complexity index is 651. The van der Waals surface area contributed by atoms with E-state index < -0.39 is 0 Å². The van der Waals surface area contributed by atoms with E-state index in [9.17, 15) is 4.79 Å². The Morgan fingerprint density at radius 3 is 2.42 bits per heavy atom. The lowest BCUT2D eigenvalue weighted by atomic mass is 10.2. The van der Waals surface area contributed by atoms with Gasteiger partial charge < -0.3 is 19.5 Å². The Morgan fingerprint density at radius 2 is 1.81 bits per heavy atom. The Balaban J connectivity index is 0.00000341. The van der Waals surface area contributed by atoms with Gasteiger partial charge in [0.15, 0.2) is 5.96 Å². The van der Waals surface area contributed by atoms with Crippen LogP contribution in [-0.4, -0.2) is 85.0 Å². The van der Waals surface area contributed by atoms with E-state index in [0.29, 0.717) is 25.0 Å². The number of carbonyl (C=O) groups excluding carboxylic acids is 1. The lowest BCUT2D eigenvalue weighted by Gasteiger charge is -2.37. The van der Waals surface area contributed by atoms with Crippen LogP contribution in [0.5, 0.6) is 0 Å². The molecule has 2 fully saturated rings. The first-order valence-corrected chi connectivity index (χ1v) is 11.7. The molecule has 3 rings (SSSR count). The fourth-order valence-corrected chi connectivity index (χ4v) is 4.02. The summed E-state index contributed by atoms with van der Waals surface area (Å²) in [5.41, 5.74) is 0. The minimum atomic E-state index is 0. The van der Waals surface area contributed by atoms with E-state index in [2.05, 4.69) is 33.9 Å². The highest BCUT2D eigenvalue weighted by atomic mass is 127. The van der Waals surface area contributed by atoms with Crippen molar-refractivity contribution in [2.45, 2.75) is 58.4 Å². The van der Waals surface area contributed by atoms with Crippen LogP contribution in [0.3, 0.4) is 0 Å². The van der Waals surface area contributed by atoms with E-state index in [0.717, 1.165) is 76.7 Å². The molecule has 1 N–H and O–H groups in total. The number of rotatable bonds is 7. The molecule has 176 valence electrons. The molecular formula is C23H40IN5O2. The number of hydrogen-bond donors (Lipinski definition) is 1. The van der Waals surface area contributed by atoms with Gasteiger partial charge in [-0.25, -0.2) is 0 Å². The van der Waals surface area contributed by atoms with Gasteiger partial charge in [-0.05, 0) is 38.3 Å². The number of carbonyl (C=O) groups is 1. The fourth-order valence-electron chi connectivity index (χ4n) is 4.02. The molecule has 8 heteroatoms. The summed E-state index contributed by atoms with van der Waals surface area (Å²) >= 11 is 0. The lowest BCUT2D eigenvalue weighted by Crippen LogP contribution is -2.55. The van der Waals surface area contributed by atoms with Gasteiger partial charge in [-0.15, -0.1) is 24.0 Å². The number of aliphatic imine (C=N–C) groups is 1. The highest BCUT2D eigenvalue weighted by Gasteiger charge is 2.24. The summed E-state index contributed by atoms with van der Waals surface area (Å²) in [6, 6.07) is 4.30. The summed E-state index contributed by atoms with van der Waals surface area (Å²) in [7, 11) is 0. The summed E-state index contributed by atoms with van der Waals surface area (Å²) < 4.78 is 5.43. The number of nitrogens with one attached hydrogen (secondary N) is 1. The van der Waals surface area contributed by atoms with Crippen LogP contribution in [0.25, 0.3) is 0 Å². The van der Waals surface area contributed by atoms with Crippen molar-refractivity contribution in [3.05, 3.63) is 24.2 Å². The van der Waals surface area contributed by atoms with E-state index in [1.807, 2.05) is 12.1 Å². The molecule has 1 atom stereocenters. The Kier molecular flexibility index (Phi) is 11.7. The van der Waals surface area contributed by atoms with Gasteiger partial charge in [-0.1, -0.05) is 19.8 Å². The number of halogens is 1. The smallest absolute Gasteiger partial charge is 0.236 e. The second kappa shape index (κ2) is 14.0. The quantitative estimate of drug-likeness (QED) is 0.324. The van der Waals surface area contributed by atoms with Gasteiger partial charge in [0, 0.05) is 58.3 Å². The van der Waals surface area contributed by atoms with Crippen LogP contribution in [0.1, 0.15) is 51.7 Å². The van der Waals surface area contributed by atoms with Crippen LogP contribution in [0.2, 0.25) is 0 Å². The van der Waals surface area contributed by atoms with Crippen LogP contribution in [0.4, 0.5) is 0 Å². The maximum absolute atomic E-state index is 12.7. The average Bonchev–Trinajstić information content (AvgIpc) is 3.13. The van der Waals surface area contributed by atoms with E-state index in [4.69, 9.17) is 9.41 Å². The predicted octanol–water partition coefficient (Wildman–Crippen LogP) is 3.20. The first-order chi connectivity index (χ1) is 14.7. The molecule has 0 bridgehead atoms. The molecule has 1 unspecified atom stereocenters. The largest absolute Gasteiger partial charge is 0.469 e. The number of amides is 1. The normalized spacial score (nSPS) is 19.5. The average molecular weight is 546 g/mol. The van der Waals surface area contributed by atoms with Crippen molar-refractivity contribution in [1.29, 1.82) is 0 Å². The van der Waals surface area contributed by atoms with Crippen molar-refractivity contribution < 1.29 is 9.21 Å². The Morgan fingerprint density at radius 1 is 1.10 bits per heavy atom. The van der Waals surface area contributed by atoms with Gasteiger partial charge in [0.2, 0.25) is 5.91 Å². The first kappa shape index (κ1) is 26.0. The maximum Gasteiger partial charge on any atom is 0.236 e. The molecule has 1 amide bonds. The van der Waals surface area contributed by atoms with Crippen LogP contribution in [0.15, 0.2) is 27.8 Å². The number of nitrogens with zero attached hydrogens (tertiary/aromatic N) is 4. The third kappa shape index (κ3) is 8.63. The number of furan rings is 1. The standard InChI is InChI=1S/C23H39N5O2.HI/c1-3-20(2)25-23(24-11-10-21-9-8-18-30-21)28-16-14-26(15-17-28)19-22(29)27-12-6-4-5-7-13-27;/h8-9,18,20H,3-7,10-17,19H2,1-2H3,(H,24,25);1H. The summed E-state index contributed by atoms with van der Waals surface area (Å²) in [6.07, 6.45) is 8.40. The Hall–Kier alpha value is -1.29. The minimum absolute atomic E-state index is 0. The SMILES string of the molecule is CCC(C)NC(=NCCc1ccco1)N1CCN(CC(=O)N2CCCCCC2)CC1.I. The molecule has 2 aliphatic heterocycles. The van der Waals surface area contributed by atoms with E-state index >= 15 is 0 Å². The molecular weight excluding hydrogens is 505 g/mol. The van der Waals surface area contributed by atoms with Gasteiger partial charge in [0.25, 0.3) is 0 Å². The fraction of sp³-hybridized carbons (Fsp3) is 0.739. The first-order valence-electron chi connectivity index (χ1n) is 11.7. The summed E-state index contributed by atoms with van der Waals surface area (Å²) in [6.45, 7) is 11.1. The molecule has 7 nitrogen and oxygen atoms in total. The molecule has 1 aromatic heterocycles. The summed E-state index contributed by atoms with van der Waals surface area (Å²) in [5.74, 6) is 2.25. The van der Waals surface area contributed by atoms with Crippen molar-refractivity contribution in [3.8, 4) is 0 Å². The highest BCUT2D eigenvalue weighted by molar-refractivity contribution is 14.0. The third-order valence-electron chi connectivity index (χ3n) is 6.18. The number of piperazine rings is 1. The second-order valence-electron chi connectivity index (χ2n) is 8.55. The topological polar surface area (TPSA) is 64.3 Å². The maximum atomic E-state index is 12.7. The number of hydrogen-bond acceptors (Lipinski definition) is 4. The second-order valence-corrected chi connectivity index (χ2v) is 8.55. The van der Waals surface area contributed by atoms with E-state index in [1.54, 1.807) is 6.26 Å². The molecule has 2 aliphatic rings. The van der Waals surface area contributed by atoms with Gasteiger partial charge in [-0.3, -0.25) is 14.7 Å². The molecule has 31 heavy (non-hydrogen) atoms. The number of likely N-dealkylation sites (tertiary alicyclic amines) is 1. The Labute approximate surface area is 204 Å². The number of guanidine groups is 1. The van der Waals surface area contributed by atoms with Crippen molar-refractivity contribution in [2.75, 3.05) is 52.4 Å². The van der Waals surface area contributed by atoms with Crippen LogP contribution < -0.4 is 5.32 Å². The summed E-state index contributed by atoms with van der Waals surface area (Å²) in [4.78, 5) is 24.3. The van der Waals surface area contributed by atoms with Crippen LogP contribution in [0, 0.1) is 0 Å². The van der Waals surface area contributed by atoms with Crippen molar-refractivity contribution in [3.63, 3.8) is 0 Å². The van der Waals surface area contributed by atoms with Gasteiger partial charge in [0.1, 0.15) is 5.76 Å². The lowest BCUT2D eigenvalue weighted by molar-refractivity contribution is -0.132. The van der Waals surface area contributed by atoms with Crippen LogP contribution >= 0.6 is 24.0 Å². The summed E-state index contributed by atoms with van der Waals surface area (Å²) in [5, 5.41) is 3.58. The van der Waals surface area contributed by atoms with Crippen molar-refractivity contribution >= 4 is 35.8 Å². The highest BCUT2D eigenvalue weighted by Crippen LogP contribution is 2.11. The van der Waals surface area contributed by atoms with E-state index in [-0.39, 0.29) is 24.0 Å². The molecule has 0 aromatic carbocycles. The molecule has 3 heterocycles. The third-order valence-corrected chi connectivity index (χ3v) is 6.18. The zero-order valence-electron chi connectivity index (χ0n) is 19.2. The van der Waals surface area contributed by atoms with Gasteiger partial charge >= 0.3 is 0 Å². The molecule has 0 radical (unpaired) electrons. The predicted molar refractivity (Wildman–Crippen MR) is 136 cm³/mol. The zero-order chi connectivity index (χ0) is 21.2. The monoisotopic (exact) mass is 545 g/mol. The van der Waals surface area contributed by atoms with Gasteiger partial charge in [0.05, 0.1) is 12.8 Å². The van der Waals surface area contributed by atoms with Crippen LogP contribution in [-0.2, 0) is 11.2 Å². The molecule has 0 spiro atoms. The van der Waals surface area contributed by atoms with E-state index in [1.165, 1.54) is 12.8 Å². The van der Waals surface area contributed by atoms with Crippen molar-refractivity contribution in [1.82, 2.24) is 20.0 Å². The molecule has 0 saturated carbocycles.